The number of ether oxygens (including phenoxy) is 1. The van der Waals surface area contributed by atoms with Crippen LogP contribution in [0.3, 0.4) is 0 Å². The van der Waals surface area contributed by atoms with Crippen LogP contribution in [0.5, 0.6) is 0 Å². The van der Waals surface area contributed by atoms with Gasteiger partial charge in [-0.2, -0.15) is 5.10 Å². The molecule has 0 bridgehead atoms. The third-order valence-electron chi connectivity index (χ3n) is 2.95. The van der Waals surface area contributed by atoms with E-state index >= 15 is 0 Å². The number of aromatic nitrogens is 2. The Hall–Kier alpha value is -2.30. The van der Waals surface area contributed by atoms with E-state index in [1.165, 1.54) is 0 Å². The highest BCUT2D eigenvalue weighted by atomic mass is 16.5. The second-order valence-corrected chi connectivity index (χ2v) is 4.27. The van der Waals surface area contributed by atoms with Gasteiger partial charge in [0.15, 0.2) is 0 Å². The lowest BCUT2D eigenvalue weighted by molar-refractivity contribution is 0.0526. The minimum atomic E-state index is -0.334. The summed E-state index contributed by atoms with van der Waals surface area (Å²) in [5, 5.41) is 4.37. The number of benzene rings is 1. The molecule has 1 aromatic heterocycles. The summed E-state index contributed by atoms with van der Waals surface area (Å²) in [5.74, 6) is -0.334. The molecule has 0 saturated heterocycles. The summed E-state index contributed by atoms with van der Waals surface area (Å²) in [4.78, 5) is 11.7. The van der Waals surface area contributed by atoms with Crippen molar-refractivity contribution >= 4 is 11.7 Å². The fourth-order valence-corrected chi connectivity index (χ4v) is 1.89. The molecule has 2 N–H and O–H groups in total. The number of hydrogen-bond donors (Lipinski definition) is 1. The standard InChI is InChI=1S/C14H17N3O2/c1-4-19-14(18)11-6-5-7-12(8-11)17-10(3)13(15)9(2)16-17/h5-8H,4,15H2,1-3H3. The van der Waals surface area contributed by atoms with Gasteiger partial charge in [0.2, 0.25) is 0 Å². The monoisotopic (exact) mass is 259 g/mol. The number of hydrogen-bond acceptors (Lipinski definition) is 4. The van der Waals surface area contributed by atoms with Crippen LogP contribution in [-0.2, 0) is 4.74 Å². The molecule has 5 heteroatoms. The first kappa shape index (κ1) is 13.1. The Kier molecular flexibility index (Phi) is 3.55. The summed E-state index contributed by atoms with van der Waals surface area (Å²) in [6, 6.07) is 7.14. The molecule has 0 saturated carbocycles. The van der Waals surface area contributed by atoms with Crippen molar-refractivity contribution in [3.05, 3.63) is 41.2 Å². The number of carbonyl (C=O) groups is 1. The normalized spacial score (nSPS) is 10.5. The lowest BCUT2D eigenvalue weighted by Gasteiger charge is -2.07. The molecular formula is C14H17N3O2. The summed E-state index contributed by atoms with van der Waals surface area (Å²) in [7, 11) is 0. The van der Waals surface area contributed by atoms with Gasteiger partial charge in [0.1, 0.15) is 0 Å². The molecule has 0 aliphatic carbocycles. The van der Waals surface area contributed by atoms with E-state index in [-0.39, 0.29) is 5.97 Å². The molecule has 2 rings (SSSR count). The van der Waals surface area contributed by atoms with Gasteiger partial charge in [0.05, 0.1) is 34.9 Å². The number of nitrogens with zero attached hydrogens (tertiary/aromatic N) is 2. The Bertz CT molecular complexity index is 617. The molecule has 0 spiro atoms. The van der Waals surface area contributed by atoms with E-state index in [1.807, 2.05) is 19.9 Å². The summed E-state index contributed by atoms with van der Waals surface area (Å²) >= 11 is 0. The molecule has 0 unspecified atom stereocenters. The van der Waals surface area contributed by atoms with Gasteiger partial charge >= 0.3 is 5.97 Å². The van der Waals surface area contributed by atoms with Gasteiger partial charge in [-0.25, -0.2) is 9.48 Å². The van der Waals surface area contributed by atoms with Crippen molar-refractivity contribution in [3.63, 3.8) is 0 Å². The molecular weight excluding hydrogens is 242 g/mol. The van der Waals surface area contributed by atoms with Crippen molar-refractivity contribution in [1.82, 2.24) is 9.78 Å². The third-order valence-corrected chi connectivity index (χ3v) is 2.95. The van der Waals surface area contributed by atoms with Crippen molar-refractivity contribution in [2.24, 2.45) is 0 Å². The molecule has 0 aliphatic rings. The highest BCUT2D eigenvalue weighted by molar-refractivity contribution is 5.90. The van der Waals surface area contributed by atoms with E-state index in [1.54, 1.807) is 29.8 Å². The van der Waals surface area contributed by atoms with E-state index in [0.29, 0.717) is 17.9 Å². The number of rotatable bonds is 3. The zero-order valence-electron chi connectivity index (χ0n) is 11.3. The summed E-state index contributed by atoms with van der Waals surface area (Å²) in [6.07, 6.45) is 0. The molecule has 0 amide bonds. The fourth-order valence-electron chi connectivity index (χ4n) is 1.89. The third kappa shape index (κ3) is 2.45. The van der Waals surface area contributed by atoms with Crippen LogP contribution in [0.4, 0.5) is 5.69 Å². The van der Waals surface area contributed by atoms with Crippen LogP contribution in [0.25, 0.3) is 5.69 Å². The SMILES string of the molecule is CCOC(=O)c1cccc(-n2nc(C)c(N)c2C)c1. The fraction of sp³-hybridized carbons (Fsp3) is 0.286. The Morgan fingerprint density at radius 2 is 2.16 bits per heavy atom. The number of aryl methyl sites for hydroxylation is 1. The van der Waals surface area contributed by atoms with Crippen LogP contribution >= 0.6 is 0 Å². The van der Waals surface area contributed by atoms with Gasteiger partial charge in [-0.3, -0.25) is 0 Å². The minimum absolute atomic E-state index is 0.334. The molecule has 0 radical (unpaired) electrons. The molecule has 0 aliphatic heterocycles. The number of esters is 1. The van der Waals surface area contributed by atoms with Crippen LogP contribution < -0.4 is 5.73 Å². The maximum Gasteiger partial charge on any atom is 0.338 e. The Morgan fingerprint density at radius 3 is 2.74 bits per heavy atom. The van der Waals surface area contributed by atoms with E-state index < -0.39 is 0 Å². The van der Waals surface area contributed by atoms with Crippen molar-refractivity contribution in [2.75, 3.05) is 12.3 Å². The number of nitrogens with two attached hydrogens (primary N) is 1. The average molecular weight is 259 g/mol. The van der Waals surface area contributed by atoms with Crippen molar-refractivity contribution in [2.45, 2.75) is 20.8 Å². The Morgan fingerprint density at radius 1 is 1.42 bits per heavy atom. The molecule has 19 heavy (non-hydrogen) atoms. The zero-order chi connectivity index (χ0) is 14.0. The lowest BCUT2D eigenvalue weighted by atomic mass is 10.2. The van der Waals surface area contributed by atoms with Gasteiger partial charge in [-0.1, -0.05) is 6.07 Å². The Balaban J connectivity index is 2.43. The van der Waals surface area contributed by atoms with Gasteiger partial charge < -0.3 is 10.5 Å². The molecule has 0 fully saturated rings. The first-order valence-electron chi connectivity index (χ1n) is 6.13. The first-order chi connectivity index (χ1) is 9.04. The summed E-state index contributed by atoms with van der Waals surface area (Å²) in [5.41, 5.74) is 9.51. The molecule has 5 nitrogen and oxygen atoms in total. The number of nitrogen functional groups attached to an aromatic ring is 1. The van der Waals surface area contributed by atoms with E-state index in [9.17, 15) is 4.79 Å². The largest absolute Gasteiger partial charge is 0.462 e. The lowest BCUT2D eigenvalue weighted by Crippen LogP contribution is -2.06. The van der Waals surface area contributed by atoms with Gasteiger partial charge in [0, 0.05) is 0 Å². The molecule has 1 aromatic carbocycles. The molecule has 2 aromatic rings. The maximum atomic E-state index is 11.7. The maximum absolute atomic E-state index is 11.7. The molecule has 100 valence electrons. The van der Waals surface area contributed by atoms with Crippen LogP contribution in [0.1, 0.15) is 28.7 Å². The van der Waals surface area contributed by atoms with E-state index in [4.69, 9.17) is 10.5 Å². The van der Waals surface area contributed by atoms with Gasteiger partial charge in [-0.05, 0) is 39.0 Å². The average Bonchev–Trinajstić information content (AvgIpc) is 2.67. The van der Waals surface area contributed by atoms with Crippen molar-refractivity contribution in [1.29, 1.82) is 0 Å². The van der Waals surface area contributed by atoms with E-state index in [0.717, 1.165) is 17.1 Å². The van der Waals surface area contributed by atoms with Gasteiger partial charge in [0.25, 0.3) is 0 Å². The second-order valence-electron chi connectivity index (χ2n) is 4.27. The number of anilines is 1. The quantitative estimate of drug-likeness (QED) is 0.858. The van der Waals surface area contributed by atoms with Crippen LogP contribution in [0.2, 0.25) is 0 Å². The van der Waals surface area contributed by atoms with Crippen LogP contribution in [-0.4, -0.2) is 22.4 Å². The van der Waals surface area contributed by atoms with Crippen LogP contribution in [0.15, 0.2) is 24.3 Å². The topological polar surface area (TPSA) is 70.1 Å². The summed E-state index contributed by atoms with van der Waals surface area (Å²) < 4.78 is 6.71. The highest BCUT2D eigenvalue weighted by Crippen LogP contribution is 2.20. The van der Waals surface area contributed by atoms with Crippen molar-refractivity contribution in [3.8, 4) is 5.69 Å². The van der Waals surface area contributed by atoms with Crippen LogP contribution in [0, 0.1) is 13.8 Å². The first-order valence-corrected chi connectivity index (χ1v) is 6.13. The van der Waals surface area contributed by atoms with E-state index in [2.05, 4.69) is 5.10 Å². The number of carbonyl (C=O) groups excluding carboxylic acids is 1. The second kappa shape index (κ2) is 5.14. The smallest absolute Gasteiger partial charge is 0.338 e. The predicted octanol–water partition coefficient (Wildman–Crippen LogP) is 2.25. The zero-order valence-corrected chi connectivity index (χ0v) is 11.3. The van der Waals surface area contributed by atoms with Gasteiger partial charge in [-0.15, -0.1) is 0 Å². The minimum Gasteiger partial charge on any atom is -0.462 e. The molecule has 1 heterocycles. The Labute approximate surface area is 112 Å². The van der Waals surface area contributed by atoms with Crippen molar-refractivity contribution < 1.29 is 9.53 Å². The summed E-state index contributed by atoms with van der Waals surface area (Å²) in [6.45, 7) is 5.89. The molecule has 0 atom stereocenters. The highest BCUT2D eigenvalue weighted by Gasteiger charge is 2.12. The predicted molar refractivity (Wildman–Crippen MR) is 73.4 cm³/mol.